The van der Waals surface area contributed by atoms with E-state index in [0.717, 1.165) is 0 Å². The van der Waals surface area contributed by atoms with Crippen molar-refractivity contribution >= 4 is 13.6 Å². The number of Topliss-reactive ketones (excluding diaryl/α,β-unsaturated/α-hetero) is 1. The zero-order valence-electron chi connectivity index (χ0n) is 6.82. The van der Waals surface area contributed by atoms with Crippen LogP contribution in [0.1, 0.15) is 6.92 Å². The van der Waals surface area contributed by atoms with Crippen LogP contribution >= 0.6 is 7.82 Å². The molecule has 78 valence electrons. The van der Waals surface area contributed by atoms with Crippen molar-refractivity contribution in [1.29, 1.82) is 0 Å². The van der Waals surface area contributed by atoms with Crippen LogP contribution in [0.5, 0.6) is 0 Å². The molecule has 0 aromatic heterocycles. The number of hydrogen-bond donors (Lipinski definition) is 4. The lowest BCUT2D eigenvalue weighted by Gasteiger charge is -2.12. The minimum atomic E-state index is -4.70. The standard InChI is InChI=1S/C5H11O7P/c1-3(6)5(8)4(7)2-12-13(9,10)11/h3,5-6,8H,2H2,1H3,(H2,9,10,11). The Morgan fingerprint density at radius 1 is 1.46 bits per heavy atom. The zero-order valence-corrected chi connectivity index (χ0v) is 7.72. The van der Waals surface area contributed by atoms with Gasteiger partial charge in [0.05, 0.1) is 6.10 Å². The van der Waals surface area contributed by atoms with Crippen LogP contribution in [0.3, 0.4) is 0 Å². The molecule has 0 saturated heterocycles. The van der Waals surface area contributed by atoms with E-state index >= 15 is 0 Å². The second kappa shape index (κ2) is 4.80. The topological polar surface area (TPSA) is 124 Å². The van der Waals surface area contributed by atoms with Crippen molar-refractivity contribution < 1.29 is 33.9 Å². The highest BCUT2D eigenvalue weighted by atomic mass is 31.2. The van der Waals surface area contributed by atoms with Crippen LogP contribution in [0.25, 0.3) is 0 Å². The van der Waals surface area contributed by atoms with E-state index in [1.54, 1.807) is 0 Å². The van der Waals surface area contributed by atoms with Crippen LogP contribution in [0, 0.1) is 0 Å². The summed E-state index contributed by atoms with van der Waals surface area (Å²) in [4.78, 5) is 27.1. The molecule has 2 unspecified atom stereocenters. The van der Waals surface area contributed by atoms with Gasteiger partial charge < -0.3 is 20.0 Å². The van der Waals surface area contributed by atoms with E-state index in [1.807, 2.05) is 0 Å². The summed E-state index contributed by atoms with van der Waals surface area (Å²) in [6, 6.07) is 0. The lowest BCUT2D eigenvalue weighted by molar-refractivity contribution is -0.134. The van der Waals surface area contributed by atoms with Crippen LogP contribution in [0.15, 0.2) is 0 Å². The maximum absolute atomic E-state index is 10.8. The van der Waals surface area contributed by atoms with Gasteiger partial charge in [0, 0.05) is 0 Å². The average molecular weight is 214 g/mol. The van der Waals surface area contributed by atoms with Gasteiger partial charge in [-0.25, -0.2) is 4.57 Å². The molecular weight excluding hydrogens is 203 g/mol. The van der Waals surface area contributed by atoms with Gasteiger partial charge in [0.25, 0.3) is 0 Å². The van der Waals surface area contributed by atoms with Crippen LogP contribution in [-0.4, -0.2) is 44.6 Å². The minimum Gasteiger partial charge on any atom is -0.390 e. The molecule has 7 nitrogen and oxygen atoms in total. The SMILES string of the molecule is CC(O)C(O)C(=O)COP(=O)(O)O. The molecule has 0 aliphatic rings. The normalized spacial score (nSPS) is 16.7. The summed E-state index contributed by atoms with van der Waals surface area (Å²) in [5.41, 5.74) is 0. The van der Waals surface area contributed by atoms with Crippen LogP contribution < -0.4 is 0 Å². The monoisotopic (exact) mass is 214 g/mol. The second-order valence-corrected chi connectivity index (χ2v) is 3.66. The summed E-state index contributed by atoms with van der Waals surface area (Å²) in [7, 11) is -4.70. The number of phosphoric ester groups is 1. The molecule has 8 heteroatoms. The first-order valence-corrected chi connectivity index (χ1v) is 4.86. The van der Waals surface area contributed by atoms with Gasteiger partial charge in [-0.1, -0.05) is 0 Å². The lowest BCUT2D eigenvalue weighted by atomic mass is 10.1. The number of aliphatic hydroxyl groups is 2. The van der Waals surface area contributed by atoms with Gasteiger partial charge in [-0.2, -0.15) is 0 Å². The molecule has 0 rings (SSSR count). The first-order chi connectivity index (χ1) is 5.74. The number of ketones is 1. The van der Waals surface area contributed by atoms with E-state index in [-0.39, 0.29) is 0 Å². The van der Waals surface area contributed by atoms with E-state index in [0.29, 0.717) is 0 Å². The minimum absolute atomic E-state index is 0.934. The highest BCUT2D eigenvalue weighted by Gasteiger charge is 2.24. The van der Waals surface area contributed by atoms with Crippen molar-refractivity contribution in [3.63, 3.8) is 0 Å². The number of carbonyl (C=O) groups excluding carboxylic acids is 1. The third-order valence-electron chi connectivity index (χ3n) is 1.16. The molecule has 0 aliphatic heterocycles. The summed E-state index contributed by atoms with van der Waals surface area (Å²) in [6.45, 7) is 0.233. The largest absolute Gasteiger partial charge is 0.470 e. The molecule has 0 amide bonds. The Bertz CT molecular complexity index is 219. The molecule has 13 heavy (non-hydrogen) atoms. The van der Waals surface area contributed by atoms with Crippen LogP contribution in [-0.2, 0) is 13.9 Å². The number of aliphatic hydroxyl groups excluding tert-OH is 2. The van der Waals surface area contributed by atoms with Crippen LogP contribution in [0.2, 0.25) is 0 Å². The predicted octanol–water partition coefficient (Wildman–Crippen LogP) is -1.59. The highest BCUT2D eigenvalue weighted by molar-refractivity contribution is 7.46. The van der Waals surface area contributed by atoms with Gasteiger partial charge >= 0.3 is 7.82 Å². The molecule has 0 heterocycles. The third-order valence-corrected chi connectivity index (χ3v) is 1.63. The fourth-order valence-electron chi connectivity index (χ4n) is 0.502. The van der Waals surface area contributed by atoms with E-state index in [1.165, 1.54) is 6.92 Å². The molecule has 0 radical (unpaired) electrons. The Kier molecular flexibility index (Phi) is 4.69. The number of carbonyl (C=O) groups is 1. The highest BCUT2D eigenvalue weighted by Crippen LogP contribution is 2.35. The predicted molar refractivity (Wildman–Crippen MR) is 40.7 cm³/mol. The fourth-order valence-corrected chi connectivity index (χ4v) is 0.798. The van der Waals surface area contributed by atoms with Gasteiger partial charge in [0.15, 0.2) is 5.78 Å². The summed E-state index contributed by atoms with van der Waals surface area (Å²) in [6.07, 6.45) is -2.99. The maximum Gasteiger partial charge on any atom is 0.470 e. The van der Waals surface area contributed by atoms with Crippen molar-refractivity contribution in [1.82, 2.24) is 0 Å². The molecule has 4 N–H and O–H groups in total. The molecule has 0 spiro atoms. The van der Waals surface area contributed by atoms with Crippen molar-refractivity contribution in [2.75, 3.05) is 6.61 Å². The van der Waals surface area contributed by atoms with Crippen molar-refractivity contribution in [3.8, 4) is 0 Å². The van der Waals surface area contributed by atoms with Crippen molar-refractivity contribution in [2.24, 2.45) is 0 Å². The average Bonchev–Trinajstić information content (AvgIpc) is 1.97. The molecule has 0 aromatic carbocycles. The number of hydrogen-bond acceptors (Lipinski definition) is 5. The Labute approximate surface area is 74.2 Å². The van der Waals surface area contributed by atoms with E-state index in [2.05, 4.69) is 4.52 Å². The summed E-state index contributed by atoms with van der Waals surface area (Å²) >= 11 is 0. The van der Waals surface area contributed by atoms with E-state index in [4.69, 9.17) is 20.0 Å². The first kappa shape index (κ1) is 12.7. The van der Waals surface area contributed by atoms with Crippen molar-refractivity contribution in [2.45, 2.75) is 19.1 Å². The van der Waals surface area contributed by atoms with Gasteiger partial charge in [0.2, 0.25) is 0 Å². The summed E-state index contributed by atoms with van der Waals surface area (Å²) in [5, 5.41) is 17.6. The maximum atomic E-state index is 10.8. The Morgan fingerprint density at radius 2 is 1.92 bits per heavy atom. The Balaban J connectivity index is 3.96. The molecule has 0 bridgehead atoms. The van der Waals surface area contributed by atoms with E-state index < -0.39 is 32.4 Å². The van der Waals surface area contributed by atoms with Gasteiger partial charge in [-0.3, -0.25) is 9.32 Å². The third kappa shape index (κ3) is 5.87. The molecular formula is C5H11O7P. The van der Waals surface area contributed by atoms with Gasteiger partial charge in [-0.05, 0) is 6.92 Å². The molecule has 2 atom stereocenters. The lowest BCUT2D eigenvalue weighted by Crippen LogP contribution is -2.34. The Hall–Kier alpha value is -0.300. The fraction of sp³-hybridized carbons (Fsp3) is 0.800. The van der Waals surface area contributed by atoms with E-state index in [9.17, 15) is 9.36 Å². The number of rotatable bonds is 5. The van der Waals surface area contributed by atoms with Crippen LogP contribution in [0.4, 0.5) is 0 Å². The summed E-state index contributed by atoms with van der Waals surface area (Å²) in [5.74, 6) is -0.988. The zero-order chi connectivity index (χ0) is 10.6. The molecule has 0 saturated carbocycles. The summed E-state index contributed by atoms with van der Waals surface area (Å²) < 4.78 is 13.9. The second-order valence-electron chi connectivity index (χ2n) is 2.42. The smallest absolute Gasteiger partial charge is 0.390 e. The number of phosphoric acid groups is 1. The Morgan fingerprint density at radius 3 is 2.23 bits per heavy atom. The van der Waals surface area contributed by atoms with Crippen molar-refractivity contribution in [3.05, 3.63) is 0 Å². The van der Waals surface area contributed by atoms with Gasteiger partial charge in [-0.15, -0.1) is 0 Å². The first-order valence-electron chi connectivity index (χ1n) is 3.33. The molecule has 0 aliphatic carbocycles. The quantitative estimate of drug-likeness (QED) is 0.406. The molecule has 0 aromatic rings. The van der Waals surface area contributed by atoms with Gasteiger partial charge in [0.1, 0.15) is 12.7 Å². The molecule has 0 fully saturated rings.